The zero-order chi connectivity index (χ0) is 16.3. The average molecular weight is 315 g/mol. The third-order valence-corrected chi connectivity index (χ3v) is 4.48. The molecule has 23 heavy (non-hydrogen) atoms. The Morgan fingerprint density at radius 3 is 2.96 bits per heavy atom. The maximum Gasteiger partial charge on any atom is 0.229 e. The second-order valence-electron chi connectivity index (χ2n) is 6.76. The molecule has 0 bridgehead atoms. The van der Waals surface area contributed by atoms with Gasteiger partial charge in [-0.1, -0.05) is 35.0 Å². The number of likely N-dealkylation sites (tertiary alicyclic amines) is 1. The van der Waals surface area contributed by atoms with Crippen molar-refractivity contribution in [1.82, 2.24) is 15.0 Å². The van der Waals surface area contributed by atoms with Crippen LogP contribution in [0.1, 0.15) is 35.7 Å². The van der Waals surface area contributed by atoms with Gasteiger partial charge >= 0.3 is 0 Å². The first-order valence-electron chi connectivity index (χ1n) is 8.32. The number of rotatable bonds is 5. The fraction of sp³-hybridized carbons (Fsp3) is 0.556. The number of benzene rings is 1. The van der Waals surface area contributed by atoms with Crippen molar-refractivity contribution in [2.45, 2.75) is 45.1 Å². The molecule has 1 fully saturated rings. The molecular weight excluding hydrogens is 290 g/mol. The zero-order valence-corrected chi connectivity index (χ0v) is 14.0. The van der Waals surface area contributed by atoms with Crippen LogP contribution in [0.5, 0.6) is 0 Å². The lowest BCUT2D eigenvalue weighted by Gasteiger charge is -2.38. The Balaban J connectivity index is 1.57. The summed E-state index contributed by atoms with van der Waals surface area (Å²) in [4.78, 5) is 6.56. The molecule has 0 amide bonds. The summed E-state index contributed by atoms with van der Waals surface area (Å²) in [6.45, 7) is 6.59. The first-order chi connectivity index (χ1) is 11.0. The van der Waals surface area contributed by atoms with E-state index in [1.807, 2.05) is 0 Å². The van der Waals surface area contributed by atoms with Crippen molar-refractivity contribution in [3.05, 3.63) is 47.1 Å². The molecule has 0 aliphatic carbocycles. The van der Waals surface area contributed by atoms with Crippen LogP contribution < -0.4 is 0 Å². The Bertz CT molecular complexity index is 655. The van der Waals surface area contributed by atoms with E-state index in [0.29, 0.717) is 24.7 Å². The van der Waals surface area contributed by atoms with E-state index >= 15 is 0 Å². The zero-order valence-electron chi connectivity index (χ0n) is 14.0. The van der Waals surface area contributed by atoms with Gasteiger partial charge in [-0.25, -0.2) is 0 Å². The molecule has 1 aliphatic rings. The van der Waals surface area contributed by atoms with Crippen LogP contribution in [0.2, 0.25) is 0 Å². The molecule has 1 aromatic heterocycles. The van der Waals surface area contributed by atoms with Gasteiger partial charge < -0.3 is 14.5 Å². The van der Waals surface area contributed by atoms with E-state index < -0.39 is 5.60 Å². The fourth-order valence-corrected chi connectivity index (χ4v) is 3.39. The molecule has 0 radical (unpaired) electrons. The number of hydrogen-bond donors (Lipinski definition) is 1. The van der Waals surface area contributed by atoms with Gasteiger partial charge in [-0.3, -0.25) is 0 Å². The summed E-state index contributed by atoms with van der Waals surface area (Å²) in [7, 11) is 0. The van der Waals surface area contributed by atoms with Crippen LogP contribution in [0.25, 0.3) is 0 Å². The summed E-state index contributed by atoms with van der Waals surface area (Å²) in [6.07, 6.45) is 3.24. The molecule has 5 heteroatoms. The summed E-state index contributed by atoms with van der Waals surface area (Å²) in [5, 5.41) is 14.7. The predicted octanol–water partition coefficient (Wildman–Crippen LogP) is 2.30. The molecule has 1 saturated heterocycles. The maximum atomic E-state index is 10.9. The summed E-state index contributed by atoms with van der Waals surface area (Å²) < 4.78 is 5.17. The van der Waals surface area contributed by atoms with Crippen molar-refractivity contribution in [2.75, 3.05) is 19.6 Å². The first-order valence-corrected chi connectivity index (χ1v) is 8.32. The predicted molar refractivity (Wildman–Crippen MR) is 88.2 cm³/mol. The summed E-state index contributed by atoms with van der Waals surface area (Å²) in [5.41, 5.74) is 1.89. The van der Waals surface area contributed by atoms with Crippen LogP contribution in [-0.2, 0) is 12.8 Å². The molecule has 0 spiro atoms. The number of aliphatic hydroxyl groups is 1. The Morgan fingerprint density at radius 2 is 2.22 bits per heavy atom. The van der Waals surface area contributed by atoms with Gasteiger partial charge in [0, 0.05) is 13.1 Å². The van der Waals surface area contributed by atoms with Gasteiger partial charge in [0.05, 0.1) is 12.0 Å². The topological polar surface area (TPSA) is 62.4 Å². The standard InChI is InChI=1S/C18H25N3O2/c1-14-5-3-6-16(11-14)7-10-21-9-4-8-18(22,13-21)12-17-19-15(2)20-23-17/h3,5-6,11,22H,4,7-10,12-13H2,1-2H3. The molecule has 0 saturated carbocycles. The van der Waals surface area contributed by atoms with Crippen molar-refractivity contribution >= 4 is 0 Å². The number of nitrogens with zero attached hydrogens (tertiary/aromatic N) is 3. The normalized spacial score (nSPS) is 22.4. The van der Waals surface area contributed by atoms with E-state index in [-0.39, 0.29) is 0 Å². The van der Waals surface area contributed by atoms with Gasteiger partial charge in [0.1, 0.15) is 0 Å². The van der Waals surface area contributed by atoms with E-state index in [9.17, 15) is 5.11 Å². The maximum absolute atomic E-state index is 10.9. The molecule has 2 heterocycles. The second kappa shape index (κ2) is 6.81. The number of β-amino-alcohol motifs (C(OH)–C–C–N with tert-alkyl or cyclic N) is 1. The van der Waals surface area contributed by atoms with E-state index in [1.54, 1.807) is 6.92 Å². The lowest BCUT2D eigenvalue weighted by atomic mass is 9.89. The van der Waals surface area contributed by atoms with Gasteiger partial charge in [-0.2, -0.15) is 4.98 Å². The van der Waals surface area contributed by atoms with Crippen LogP contribution in [0.3, 0.4) is 0 Å². The minimum Gasteiger partial charge on any atom is -0.388 e. The van der Waals surface area contributed by atoms with E-state index in [0.717, 1.165) is 32.4 Å². The van der Waals surface area contributed by atoms with Crippen LogP contribution in [0.4, 0.5) is 0 Å². The van der Waals surface area contributed by atoms with Crippen molar-refractivity contribution in [2.24, 2.45) is 0 Å². The number of aromatic nitrogens is 2. The highest BCUT2D eigenvalue weighted by molar-refractivity contribution is 5.22. The van der Waals surface area contributed by atoms with Gasteiger partial charge in [-0.05, 0) is 45.2 Å². The number of piperidine rings is 1. The quantitative estimate of drug-likeness (QED) is 0.917. The lowest BCUT2D eigenvalue weighted by molar-refractivity contribution is -0.0345. The Morgan fingerprint density at radius 1 is 1.35 bits per heavy atom. The smallest absolute Gasteiger partial charge is 0.229 e. The fourth-order valence-electron chi connectivity index (χ4n) is 3.39. The van der Waals surface area contributed by atoms with Gasteiger partial charge in [0.25, 0.3) is 0 Å². The summed E-state index contributed by atoms with van der Waals surface area (Å²) in [5.74, 6) is 1.15. The van der Waals surface area contributed by atoms with Gasteiger partial charge in [0.15, 0.2) is 5.82 Å². The number of hydrogen-bond acceptors (Lipinski definition) is 5. The average Bonchev–Trinajstić information content (AvgIpc) is 2.90. The van der Waals surface area contributed by atoms with Crippen LogP contribution in [0, 0.1) is 13.8 Å². The monoisotopic (exact) mass is 315 g/mol. The number of aryl methyl sites for hydroxylation is 2. The molecule has 1 unspecified atom stereocenters. The molecular formula is C18H25N3O2. The minimum atomic E-state index is -0.760. The van der Waals surface area contributed by atoms with Crippen molar-refractivity contribution in [1.29, 1.82) is 0 Å². The highest BCUT2D eigenvalue weighted by Gasteiger charge is 2.35. The lowest BCUT2D eigenvalue weighted by Crippen LogP contribution is -2.50. The third kappa shape index (κ3) is 4.39. The molecule has 1 atom stereocenters. The second-order valence-corrected chi connectivity index (χ2v) is 6.76. The molecule has 5 nitrogen and oxygen atoms in total. The van der Waals surface area contributed by atoms with E-state index in [4.69, 9.17) is 4.52 Å². The summed E-state index contributed by atoms with van der Waals surface area (Å²) >= 11 is 0. The van der Waals surface area contributed by atoms with Crippen LogP contribution in [0.15, 0.2) is 28.8 Å². The van der Waals surface area contributed by atoms with Crippen LogP contribution in [-0.4, -0.2) is 45.4 Å². The first kappa shape index (κ1) is 16.1. The highest BCUT2D eigenvalue weighted by Crippen LogP contribution is 2.25. The molecule has 124 valence electrons. The van der Waals surface area contributed by atoms with Crippen molar-refractivity contribution < 1.29 is 9.63 Å². The van der Waals surface area contributed by atoms with Gasteiger partial charge in [-0.15, -0.1) is 0 Å². The largest absolute Gasteiger partial charge is 0.388 e. The molecule has 3 rings (SSSR count). The third-order valence-electron chi connectivity index (χ3n) is 4.48. The Hall–Kier alpha value is -1.72. The van der Waals surface area contributed by atoms with Crippen molar-refractivity contribution in [3.63, 3.8) is 0 Å². The van der Waals surface area contributed by atoms with E-state index in [2.05, 4.69) is 46.2 Å². The van der Waals surface area contributed by atoms with Gasteiger partial charge in [0.2, 0.25) is 5.89 Å². The summed E-state index contributed by atoms with van der Waals surface area (Å²) in [6, 6.07) is 8.63. The van der Waals surface area contributed by atoms with Crippen LogP contribution >= 0.6 is 0 Å². The molecule has 1 aromatic carbocycles. The molecule has 2 aromatic rings. The molecule has 1 aliphatic heterocycles. The minimum absolute atomic E-state index is 0.439. The Kier molecular flexibility index (Phi) is 4.78. The van der Waals surface area contributed by atoms with E-state index in [1.165, 1.54) is 11.1 Å². The Labute approximate surface area is 137 Å². The highest BCUT2D eigenvalue weighted by atomic mass is 16.5. The SMILES string of the molecule is Cc1cccc(CCN2CCCC(O)(Cc3nc(C)no3)C2)c1. The molecule has 1 N–H and O–H groups in total. The van der Waals surface area contributed by atoms with Crippen molar-refractivity contribution in [3.8, 4) is 0 Å².